The van der Waals surface area contributed by atoms with Crippen LogP contribution in [0.5, 0.6) is 11.5 Å². The van der Waals surface area contributed by atoms with Crippen LogP contribution in [0.2, 0.25) is 0 Å². The van der Waals surface area contributed by atoms with Gasteiger partial charge in [0.25, 0.3) is 5.78 Å². The molecule has 1 N–H and O–H groups in total. The third kappa shape index (κ3) is 4.89. The molecule has 3 aromatic heterocycles. The topological polar surface area (TPSA) is 106 Å². The minimum absolute atomic E-state index is 0.0683. The Bertz CT molecular complexity index is 2150. The smallest absolute Gasteiger partial charge is 0.301 e. The van der Waals surface area contributed by atoms with Gasteiger partial charge in [0.1, 0.15) is 29.4 Å². The Balaban J connectivity index is 1.39. The SMILES string of the molecule is COc1ccc2nc(N3C(=O)C(=O)/C(=C(/O)c4nc5c(C)cccn5c4C)C3c3cccc(OCc4ccccc4)c3)sc2c1. The van der Waals surface area contributed by atoms with E-state index in [1.165, 1.54) is 16.2 Å². The summed E-state index contributed by atoms with van der Waals surface area (Å²) < 4.78 is 14.1. The van der Waals surface area contributed by atoms with Crippen LogP contribution in [0, 0.1) is 13.8 Å². The summed E-state index contributed by atoms with van der Waals surface area (Å²) >= 11 is 1.27. The van der Waals surface area contributed by atoms with Crippen molar-refractivity contribution in [3.05, 3.63) is 125 Å². The van der Waals surface area contributed by atoms with E-state index in [9.17, 15) is 14.7 Å². The van der Waals surface area contributed by atoms with Crippen LogP contribution >= 0.6 is 11.3 Å². The largest absolute Gasteiger partial charge is 0.505 e. The molecule has 0 saturated carbocycles. The molecular weight excluding hydrogens is 588 g/mol. The number of ketones is 1. The van der Waals surface area contributed by atoms with E-state index in [0.717, 1.165) is 15.8 Å². The van der Waals surface area contributed by atoms with E-state index in [4.69, 9.17) is 19.4 Å². The molecule has 6 aromatic rings. The van der Waals surface area contributed by atoms with Crippen molar-refractivity contribution in [1.82, 2.24) is 14.4 Å². The lowest BCUT2D eigenvalue weighted by molar-refractivity contribution is -0.132. The summed E-state index contributed by atoms with van der Waals surface area (Å²) in [5.41, 5.74) is 4.60. The van der Waals surface area contributed by atoms with Gasteiger partial charge in [-0.2, -0.15) is 0 Å². The fraction of sp³-hybridized carbons (Fsp3) is 0.143. The fourth-order valence-electron chi connectivity index (χ4n) is 5.66. The molecular formula is C35H28N4O5S. The Hall–Kier alpha value is -5.48. The van der Waals surface area contributed by atoms with Crippen molar-refractivity contribution in [2.75, 3.05) is 12.0 Å². The molecule has 9 nitrogen and oxygen atoms in total. The van der Waals surface area contributed by atoms with Crippen LogP contribution in [0.15, 0.2) is 96.7 Å². The number of amides is 1. The zero-order chi connectivity index (χ0) is 31.2. The van der Waals surface area contributed by atoms with E-state index in [-0.39, 0.29) is 17.0 Å². The number of ether oxygens (including phenoxy) is 2. The molecule has 0 radical (unpaired) electrons. The average Bonchev–Trinajstić information content (AvgIpc) is 3.72. The number of anilines is 1. The third-order valence-corrected chi connectivity index (χ3v) is 8.98. The van der Waals surface area contributed by atoms with Gasteiger partial charge >= 0.3 is 5.91 Å². The number of thiazole rings is 1. The van der Waals surface area contributed by atoms with Crippen LogP contribution in [-0.4, -0.2) is 38.3 Å². The molecule has 0 spiro atoms. The first kappa shape index (κ1) is 28.3. The van der Waals surface area contributed by atoms with E-state index in [2.05, 4.69) is 0 Å². The number of aliphatic hydroxyl groups is 1. The van der Waals surface area contributed by atoms with Gasteiger partial charge in [-0.3, -0.25) is 14.5 Å². The number of Topliss-reactive ketones (excluding diaryl/α,β-unsaturated/α-hetero) is 1. The van der Waals surface area contributed by atoms with Gasteiger partial charge in [0, 0.05) is 6.20 Å². The maximum atomic E-state index is 13.9. The lowest BCUT2D eigenvalue weighted by Gasteiger charge is -2.23. The fourth-order valence-corrected chi connectivity index (χ4v) is 6.68. The summed E-state index contributed by atoms with van der Waals surface area (Å²) in [6.45, 7) is 4.08. The number of rotatable bonds is 7. The maximum absolute atomic E-state index is 13.9. The van der Waals surface area contributed by atoms with Gasteiger partial charge in [0.15, 0.2) is 10.9 Å². The van der Waals surface area contributed by atoms with Crippen molar-refractivity contribution in [3.63, 3.8) is 0 Å². The number of hydrogen-bond acceptors (Lipinski definition) is 8. The second-order valence-corrected chi connectivity index (χ2v) is 11.8. The first-order valence-corrected chi connectivity index (χ1v) is 15.1. The summed E-state index contributed by atoms with van der Waals surface area (Å²) in [4.78, 5) is 38.5. The Morgan fingerprint density at radius 1 is 0.933 bits per heavy atom. The summed E-state index contributed by atoms with van der Waals surface area (Å²) in [6.07, 6.45) is 1.85. The van der Waals surface area contributed by atoms with E-state index < -0.39 is 17.7 Å². The first-order chi connectivity index (χ1) is 21.8. The molecule has 0 bridgehead atoms. The molecule has 10 heteroatoms. The predicted octanol–water partition coefficient (Wildman–Crippen LogP) is 6.77. The second-order valence-electron chi connectivity index (χ2n) is 10.8. The second kappa shape index (κ2) is 11.2. The molecule has 3 aromatic carbocycles. The number of carbonyl (C=O) groups is 2. The number of hydrogen-bond donors (Lipinski definition) is 1. The van der Waals surface area contributed by atoms with Gasteiger partial charge in [-0.25, -0.2) is 9.97 Å². The molecule has 1 saturated heterocycles. The minimum Gasteiger partial charge on any atom is -0.505 e. The average molecular weight is 617 g/mol. The highest BCUT2D eigenvalue weighted by Gasteiger charge is 2.48. The highest BCUT2D eigenvalue weighted by atomic mass is 32.1. The summed E-state index contributed by atoms with van der Waals surface area (Å²) in [6, 6.07) is 25.3. The molecule has 7 rings (SSSR count). The van der Waals surface area contributed by atoms with Gasteiger partial charge in [-0.05, 0) is 66.9 Å². The number of aromatic nitrogens is 3. The Morgan fingerprint density at radius 3 is 2.53 bits per heavy atom. The number of fused-ring (bicyclic) bond motifs is 2. The molecule has 45 heavy (non-hydrogen) atoms. The van der Waals surface area contributed by atoms with Crippen molar-refractivity contribution in [3.8, 4) is 11.5 Å². The third-order valence-electron chi connectivity index (χ3n) is 7.97. The van der Waals surface area contributed by atoms with Crippen molar-refractivity contribution in [2.24, 2.45) is 0 Å². The molecule has 1 aliphatic heterocycles. The number of pyridine rings is 1. The number of aliphatic hydroxyl groups excluding tert-OH is 1. The van der Waals surface area contributed by atoms with Gasteiger partial charge in [0.05, 0.1) is 34.6 Å². The number of aryl methyl sites for hydroxylation is 2. The summed E-state index contributed by atoms with van der Waals surface area (Å²) in [5, 5.41) is 12.2. The quantitative estimate of drug-likeness (QED) is 0.120. The number of benzene rings is 3. The highest BCUT2D eigenvalue weighted by molar-refractivity contribution is 7.22. The van der Waals surface area contributed by atoms with Crippen molar-refractivity contribution >= 4 is 49.8 Å². The Labute approximate surface area is 262 Å². The molecule has 224 valence electrons. The number of nitrogens with zero attached hydrogens (tertiary/aromatic N) is 4. The number of carbonyl (C=O) groups excluding carboxylic acids is 2. The van der Waals surface area contributed by atoms with Gasteiger partial charge < -0.3 is 19.0 Å². The zero-order valence-electron chi connectivity index (χ0n) is 24.7. The van der Waals surface area contributed by atoms with E-state index in [1.807, 2.05) is 85.1 Å². The molecule has 1 atom stereocenters. The van der Waals surface area contributed by atoms with Crippen LogP contribution in [0.25, 0.3) is 21.6 Å². The van der Waals surface area contributed by atoms with E-state index >= 15 is 0 Å². The van der Waals surface area contributed by atoms with Crippen LogP contribution in [0.1, 0.15) is 34.1 Å². The highest BCUT2D eigenvalue weighted by Crippen LogP contribution is 2.45. The van der Waals surface area contributed by atoms with Crippen molar-refractivity contribution < 1.29 is 24.2 Å². The van der Waals surface area contributed by atoms with Gasteiger partial charge in [-0.1, -0.05) is 59.9 Å². The Kier molecular flexibility index (Phi) is 7.06. The van der Waals surface area contributed by atoms with Crippen LogP contribution in [-0.2, 0) is 16.2 Å². The van der Waals surface area contributed by atoms with Gasteiger partial charge in [0.2, 0.25) is 0 Å². The molecule has 1 unspecified atom stereocenters. The van der Waals surface area contributed by atoms with E-state index in [0.29, 0.717) is 45.7 Å². The lowest BCUT2D eigenvalue weighted by atomic mass is 9.96. The molecule has 1 amide bonds. The summed E-state index contributed by atoms with van der Waals surface area (Å²) in [7, 11) is 1.58. The molecule has 1 fully saturated rings. The zero-order valence-corrected chi connectivity index (χ0v) is 25.5. The molecule has 4 heterocycles. The Morgan fingerprint density at radius 2 is 1.76 bits per heavy atom. The normalized spacial score (nSPS) is 16.2. The lowest BCUT2D eigenvalue weighted by Crippen LogP contribution is -2.29. The van der Waals surface area contributed by atoms with E-state index in [1.54, 1.807) is 31.4 Å². The van der Waals surface area contributed by atoms with Crippen LogP contribution < -0.4 is 14.4 Å². The monoisotopic (exact) mass is 616 g/mol. The summed E-state index contributed by atoms with van der Waals surface area (Å²) in [5.74, 6) is -0.758. The minimum atomic E-state index is -0.988. The standard InChI is InChI=1S/C35H28N4O5S/c1-20-9-8-16-38-21(2)29(37-33(20)38)31(40)28-30(23-12-7-13-25(17-23)44-19-22-10-5-4-6-11-22)39(34(42)32(28)41)35-36-26-15-14-24(43-3)18-27(26)45-35/h4-18,30,40H,19H2,1-3H3/b31-28+. The number of imidazole rings is 1. The van der Waals surface area contributed by atoms with Crippen LogP contribution in [0.4, 0.5) is 5.13 Å². The van der Waals surface area contributed by atoms with Crippen molar-refractivity contribution in [1.29, 1.82) is 0 Å². The molecule has 0 aliphatic carbocycles. The van der Waals surface area contributed by atoms with Gasteiger partial charge in [-0.15, -0.1) is 0 Å². The predicted molar refractivity (Wildman–Crippen MR) is 173 cm³/mol. The maximum Gasteiger partial charge on any atom is 0.301 e. The van der Waals surface area contributed by atoms with Crippen LogP contribution in [0.3, 0.4) is 0 Å². The first-order valence-electron chi connectivity index (χ1n) is 14.3. The molecule has 1 aliphatic rings. The number of methoxy groups -OCH3 is 1. The van der Waals surface area contributed by atoms with Crippen molar-refractivity contribution in [2.45, 2.75) is 26.5 Å².